The van der Waals surface area contributed by atoms with E-state index in [1.807, 2.05) is 45.0 Å². The number of aryl methyl sites for hydroxylation is 1. The van der Waals surface area contributed by atoms with Gasteiger partial charge in [-0.15, -0.1) is 11.3 Å². The summed E-state index contributed by atoms with van der Waals surface area (Å²) in [5.41, 5.74) is 2.05. The second kappa shape index (κ2) is 8.91. The molecule has 0 atom stereocenters. The highest BCUT2D eigenvalue weighted by Gasteiger charge is 2.23. The first kappa shape index (κ1) is 20.6. The van der Waals surface area contributed by atoms with Crippen LogP contribution >= 0.6 is 11.3 Å². The molecule has 1 aromatic carbocycles. The highest BCUT2D eigenvalue weighted by molar-refractivity contribution is 7.16. The molecule has 0 unspecified atom stereocenters. The molecule has 1 N–H and O–H groups in total. The van der Waals surface area contributed by atoms with E-state index in [1.165, 1.54) is 11.3 Å². The van der Waals surface area contributed by atoms with Gasteiger partial charge in [-0.1, -0.05) is 5.16 Å². The van der Waals surface area contributed by atoms with Crippen LogP contribution in [0.4, 0.5) is 5.00 Å². The summed E-state index contributed by atoms with van der Waals surface area (Å²) in [5, 5.41) is 7.05. The number of aromatic nitrogens is 1. The molecule has 0 aliphatic heterocycles. The van der Waals surface area contributed by atoms with Crippen LogP contribution in [0.2, 0.25) is 0 Å². The van der Waals surface area contributed by atoms with Crippen molar-refractivity contribution in [2.24, 2.45) is 0 Å². The van der Waals surface area contributed by atoms with Gasteiger partial charge in [-0.3, -0.25) is 4.79 Å². The fourth-order valence-corrected chi connectivity index (χ4v) is 3.78. The fraction of sp³-hybridized carbons (Fsp3) is 0.286. The van der Waals surface area contributed by atoms with E-state index in [1.54, 1.807) is 13.0 Å². The molecule has 2 aromatic heterocycles. The van der Waals surface area contributed by atoms with E-state index in [0.717, 1.165) is 21.8 Å². The van der Waals surface area contributed by atoms with Crippen molar-refractivity contribution in [3.05, 3.63) is 52.0 Å². The highest BCUT2D eigenvalue weighted by Crippen LogP contribution is 2.33. The smallest absolute Gasteiger partial charge is 0.341 e. The van der Waals surface area contributed by atoms with Crippen LogP contribution < -0.4 is 10.1 Å². The van der Waals surface area contributed by atoms with E-state index in [2.05, 4.69) is 10.5 Å². The predicted molar refractivity (Wildman–Crippen MR) is 111 cm³/mol. The minimum atomic E-state index is -0.460. The quantitative estimate of drug-likeness (QED) is 0.556. The summed E-state index contributed by atoms with van der Waals surface area (Å²) in [5.74, 6) is 0.295. The van der Waals surface area contributed by atoms with E-state index >= 15 is 0 Å². The molecule has 7 nitrogen and oxygen atoms in total. The van der Waals surface area contributed by atoms with Crippen molar-refractivity contribution < 1.29 is 23.6 Å². The van der Waals surface area contributed by atoms with Crippen LogP contribution in [0.25, 0.3) is 11.3 Å². The molecule has 0 saturated heterocycles. The Hall–Kier alpha value is -3.13. The third kappa shape index (κ3) is 4.48. The molecule has 0 fully saturated rings. The maximum absolute atomic E-state index is 12.7. The van der Waals surface area contributed by atoms with Crippen molar-refractivity contribution in [1.29, 1.82) is 0 Å². The van der Waals surface area contributed by atoms with Gasteiger partial charge in [-0.2, -0.15) is 0 Å². The lowest BCUT2D eigenvalue weighted by atomic mass is 10.1. The first-order valence-electron chi connectivity index (χ1n) is 9.23. The number of nitrogens with zero attached hydrogens (tertiary/aromatic N) is 1. The van der Waals surface area contributed by atoms with Gasteiger partial charge in [0.25, 0.3) is 5.91 Å². The predicted octanol–water partition coefficient (Wildman–Crippen LogP) is 4.85. The third-order valence-corrected chi connectivity index (χ3v) is 5.41. The molecule has 3 rings (SSSR count). The van der Waals surface area contributed by atoms with Crippen molar-refractivity contribution in [2.75, 3.05) is 18.5 Å². The summed E-state index contributed by atoms with van der Waals surface area (Å²) >= 11 is 1.32. The van der Waals surface area contributed by atoms with Crippen molar-refractivity contribution in [2.45, 2.75) is 27.7 Å². The number of carbonyl (C=O) groups is 2. The summed E-state index contributed by atoms with van der Waals surface area (Å²) in [6.07, 6.45) is 0. The molecule has 0 saturated carbocycles. The van der Waals surface area contributed by atoms with E-state index in [4.69, 9.17) is 14.0 Å². The van der Waals surface area contributed by atoms with E-state index in [9.17, 15) is 9.59 Å². The van der Waals surface area contributed by atoms with Gasteiger partial charge in [0, 0.05) is 16.5 Å². The SMILES string of the molecule is CCOC(=O)c1c(NC(=O)c2cc(-c3ccc(OCC)cc3)on2)sc(C)c1C. The average molecular weight is 414 g/mol. The van der Waals surface area contributed by atoms with Crippen molar-refractivity contribution in [3.63, 3.8) is 0 Å². The Labute approximate surface area is 172 Å². The van der Waals surface area contributed by atoms with Crippen LogP contribution in [0.1, 0.15) is 45.1 Å². The van der Waals surface area contributed by atoms with Gasteiger partial charge >= 0.3 is 5.97 Å². The number of anilines is 1. The number of benzene rings is 1. The number of esters is 1. The van der Waals surface area contributed by atoms with Gasteiger partial charge in [0.2, 0.25) is 0 Å². The molecule has 0 spiro atoms. The second-order valence-corrected chi connectivity index (χ2v) is 7.42. The lowest BCUT2D eigenvalue weighted by Gasteiger charge is -2.05. The van der Waals surface area contributed by atoms with Gasteiger partial charge < -0.3 is 19.3 Å². The molecule has 29 heavy (non-hydrogen) atoms. The third-order valence-electron chi connectivity index (χ3n) is 4.28. The van der Waals surface area contributed by atoms with E-state index in [-0.39, 0.29) is 12.3 Å². The molecular weight excluding hydrogens is 392 g/mol. The topological polar surface area (TPSA) is 90.7 Å². The molecule has 8 heteroatoms. The summed E-state index contributed by atoms with van der Waals surface area (Å²) in [4.78, 5) is 25.9. The van der Waals surface area contributed by atoms with Crippen LogP contribution in [-0.4, -0.2) is 30.2 Å². The van der Waals surface area contributed by atoms with Gasteiger partial charge in [0.1, 0.15) is 10.8 Å². The molecule has 152 valence electrons. The standard InChI is InChI=1S/C21H22N2O5S/c1-5-26-15-9-7-14(8-10-15)17-11-16(23-28-17)19(24)22-20-18(21(25)27-6-2)12(3)13(4)29-20/h7-11H,5-6H2,1-4H3,(H,22,24). The highest BCUT2D eigenvalue weighted by atomic mass is 32.1. The summed E-state index contributed by atoms with van der Waals surface area (Å²) in [7, 11) is 0. The van der Waals surface area contributed by atoms with Crippen molar-refractivity contribution >= 4 is 28.2 Å². The van der Waals surface area contributed by atoms with Crippen molar-refractivity contribution in [1.82, 2.24) is 5.16 Å². The van der Waals surface area contributed by atoms with Crippen molar-refractivity contribution in [3.8, 4) is 17.1 Å². The summed E-state index contributed by atoms with van der Waals surface area (Å²) < 4.78 is 15.8. The Kier molecular flexibility index (Phi) is 6.33. The maximum atomic E-state index is 12.7. The Balaban J connectivity index is 1.79. The van der Waals surface area contributed by atoms with Gasteiger partial charge in [0.15, 0.2) is 11.5 Å². The minimum absolute atomic E-state index is 0.118. The van der Waals surface area contributed by atoms with Crippen LogP contribution in [0.3, 0.4) is 0 Å². The molecule has 0 aliphatic carbocycles. The molecule has 1 amide bonds. The number of hydrogen-bond donors (Lipinski definition) is 1. The van der Waals surface area contributed by atoms with Gasteiger partial charge in [0.05, 0.1) is 18.8 Å². The number of hydrogen-bond acceptors (Lipinski definition) is 7. The molecule has 2 heterocycles. The average Bonchev–Trinajstić information content (AvgIpc) is 3.29. The Morgan fingerprint density at radius 3 is 2.52 bits per heavy atom. The van der Waals surface area contributed by atoms with Crippen LogP contribution in [0, 0.1) is 13.8 Å². The number of ether oxygens (including phenoxy) is 2. The molecule has 3 aromatic rings. The first-order valence-corrected chi connectivity index (χ1v) is 10.0. The Morgan fingerprint density at radius 2 is 1.86 bits per heavy atom. The molecule has 0 radical (unpaired) electrons. The van der Waals surface area contributed by atoms with Crippen LogP contribution in [0.15, 0.2) is 34.9 Å². The molecule has 0 aliphatic rings. The lowest BCUT2D eigenvalue weighted by Crippen LogP contribution is -2.15. The number of amides is 1. The summed E-state index contributed by atoms with van der Waals surface area (Å²) in [6, 6.07) is 8.87. The maximum Gasteiger partial charge on any atom is 0.341 e. The van der Waals surface area contributed by atoms with E-state index in [0.29, 0.717) is 22.9 Å². The van der Waals surface area contributed by atoms with E-state index < -0.39 is 11.9 Å². The van der Waals surface area contributed by atoms with Gasteiger partial charge in [-0.05, 0) is 57.5 Å². The van der Waals surface area contributed by atoms with Crippen LogP contribution in [-0.2, 0) is 4.74 Å². The Bertz CT molecular complexity index is 1020. The summed E-state index contributed by atoms with van der Waals surface area (Å²) in [6.45, 7) is 8.21. The molecular formula is C21H22N2O5S. The second-order valence-electron chi connectivity index (χ2n) is 6.20. The number of thiophene rings is 1. The monoisotopic (exact) mass is 414 g/mol. The zero-order valence-corrected chi connectivity index (χ0v) is 17.5. The first-order chi connectivity index (χ1) is 13.9. The largest absolute Gasteiger partial charge is 0.494 e. The normalized spacial score (nSPS) is 10.6. The fourth-order valence-electron chi connectivity index (χ4n) is 2.73. The Morgan fingerprint density at radius 1 is 1.14 bits per heavy atom. The lowest BCUT2D eigenvalue weighted by molar-refractivity contribution is 0.0527. The molecule has 0 bridgehead atoms. The van der Waals surface area contributed by atoms with Gasteiger partial charge in [-0.25, -0.2) is 4.79 Å². The number of rotatable bonds is 7. The number of carbonyl (C=O) groups excluding carboxylic acids is 2. The zero-order chi connectivity index (χ0) is 21.0. The number of nitrogens with one attached hydrogen (secondary N) is 1. The minimum Gasteiger partial charge on any atom is -0.494 e. The van der Waals surface area contributed by atoms with Crippen LogP contribution in [0.5, 0.6) is 5.75 Å². The zero-order valence-electron chi connectivity index (χ0n) is 16.7.